The monoisotopic (exact) mass is 275 g/mol. The van der Waals surface area contributed by atoms with Gasteiger partial charge in [0, 0.05) is 25.9 Å². The van der Waals surface area contributed by atoms with E-state index in [1.807, 2.05) is 13.0 Å². The minimum Gasteiger partial charge on any atom is -0.377 e. The molecule has 3 heterocycles. The van der Waals surface area contributed by atoms with E-state index in [9.17, 15) is 4.79 Å². The first kappa shape index (κ1) is 12.9. The lowest BCUT2D eigenvalue weighted by Crippen LogP contribution is -2.31. The zero-order valence-electron chi connectivity index (χ0n) is 11.3. The molecule has 1 aliphatic heterocycles. The van der Waals surface area contributed by atoms with Crippen LogP contribution in [0.15, 0.2) is 18.5 Å². The van der Waals surface area contributed by atoms with Gasteiger partial charge in [0.2, 0.25) is 0 Å². The van der Waals surface area contributed by atoms with Gasteiger partial charge in [0.1, 0.15) is 11.4 Å². The van der Waals surface area contributed by atoms with Crippen LogP contribution in [0.25, 0.3) is 5.65 Å². The van der Waals surface area contributed by atoms with Crippen molar-refractivity contribution in [1.82, 2.24) is 14.6 Å². The minimum absolute atomic E-state index is 0.163. The maximum Gasteiger partial charge on any atom is 0.254 e. The van der Waals surface area contributed by atoms with Crippen LogP contribution in [0.5, 0.6) is 0 Å². The van der Waals surface area contributed by atoms with E-state index in [1.54, 1.807) is 10.7 Å². The second-order valence-electron chi connectivity index (χ2n) is 4.96. The summed E-state index contributed by atoms with van der Waals surface area (Å²) in [6, 6.07) is 1.89. The first-order valence-electron chi connectivity index (χ1n) is 6.66. The van der Waals surface area contributed by atoms with Crippen molar-refractivity contribution in [1.29, 1.82) is 0 Å². The number of carbonyl (C=O) groups excluding carboxylic acids is 1. The number of hydrogen-bond donors (Lipinski definition) is 1. The summed E-state index contributed by atoms with van der Waals surface area (Å²) in [5, 5.41) is 4.07. The van der Waals surface area contributed by atoms with Gasteiger partial charge in [-0.05, 0) is 19.4 Å². The molecule has 0 saturated carbocycles. The number of primary amides is 1. The van der Waals surface area contributed by atoms with Gasteiger partial charge in [-0.1, -0.05) is 0 Å². The lowest BCUT2D eigenvalue weighted by atomic mass is 10.3. The number of nitrogens with two attached hydrogens (primary N) is 1. The SMILES string of the molecule is C[C@@H]1CN(c2ccn3ncc(C(N)=O)c3n2)CCCO1. The highest BCUT2D eigenvalue weighted by Gasteiger charge is 2.18. The first-order chi connectivity index (χ1) is 9.65. The number of fused-ring (bicyclic) bond motifs is 1. The highest BCUT2D eigenvalue weighted by atomic mass is 16.5. The Labute approximate surface area is 116 Å². The average Bonchev–Trinajstić information content (AvgIpc) is 2.73. The van der Waals surface area contributed by atoms with Crippen molar-refractivity contribution in [2.45, 2.75) is 19.4 Å². The molecule has 7 heteroatoms. The molecule has 1 amide bonds. The highest BCUT2D eigenvalue weighted by Crippen LogP contribution is 2.17. The summed E-state index contributed by atoms with van der Waals surface area (Å²) in [6.45, 7) is 4.47. The van der Waals surface area contributed by atoms with Gasteiger partial charge in [-0.25, -0.2) is 9.50 Å². The topological polar surface area (TPSA) is 85.8 Å². The van der Waals surface area contributed by atoms with Crippen LogP contribution in [0.1, 0.15) is 23.7 Å². The largest absolute Gasteiger partial charge is 0.377 e. The second kappa shape index (κ2) is 5.09. The van der Waals surface area contributed by atoms with E-state index in [4.69, 9.17) is 10.5 Å². The van der Waals surface area contributed by atoms with Crippen LogP contribution in [0.2, 0.25) is 0 Å². The molecule has 2 N–H and O–H groups in total. The molecular formula is C13H17N5O2. The highest BCUT2D eigenvalue weighted by molar-refractivity contribution is 5.98. The van der Waals surface area contributed by atoms with Gasteiger partial charge < -0.3 is 15.4 Å². The third-order valence-electron chi connectivity index (χ3n) is 3.40. The normalized spacial score (nSPS) is 20.1. The molecule has 0 aliphatic carbocycles. The number of nitrogens with zero attached hydrogens (tertiary/aromatic N) is 4. The van der Waals surface area contributed by atoms with Crippen LogP contribution in [-0.2, 0) is 4.74 Å². The second-order valence-corrected chi connectivity index (χ2v) is 4.96. The van der Waals surface area contributed by atoms with Crippen molar-refractivity contribution >= 4 is 17.4 Å². The molecule has 1 fully saturated rings. The van der Waals surface area contributed by atoms with E-state index in [1.165, 1.54) is 6.20 Å². The van der Waals surface area contributed by atoms with Gasteiger partial charge in [-0.3, -0.25) is 4.79 Å². The van der Waals surface area contributed by atoms with Crippen LogP contribution in [0.3, 0.4) is 0 Å². The molecule has 2 aromatic rings. The van der Waals surface area contributed by atoms with Gasteiger partial charge in [0.05, 0.1) is 12.3 Å². The lowest BCUT2D eigenvalue weighted by Gasteiger charge is -2.23. The molecule has 7 nitrogen and oxygen atoms in total. The quantitative estimate of drug-likeness (QED) is 0.859. The summed E-state index contributed by atoms with van der Waals surface area (Å²) in [6.07, 6.45) is 4.36. The van der Waals surface area contributed by atoms with Crippen LogP contribution in [-0.4, -0.2) is 46.3 Å². The summed E-state index contributed by atoms with van der Waals surface area (Å²) < 4.78 is 7.18. The van der Waals surface area contributed by atoms with Gasteiger partial charge in [-0.2, -0.15) is 5.10 Å². The summed E-state index contributed by atoms with van der Waals surface area (Å²) in [4.78, 5) is 18.1. The van der Waals surface area contributed by atoms with Gasteiger partial charge in [0.25, 0.3) is 5.91 Å². The Kier molecular flexibility index (Phi) is 3.27. The molecule has 1 atom stereocenters. The Hall–Kier alpha value is -2.15. The Bertz CT molecular complexity index is 639. The molecule has 3 rings (SSSR count). The number of rotatable bonds is 2. The van der Waals surface area contributed by atoms with Crippen molar-refractivity contribution in [2.24, 2.45) is 5.73 Å². The molecule has 106 valence electrons. The Morgan fingerprint density at radius 3 is 3.20 bits per heavy atom. The maximum atomic E-state index is 11.4. The summed E-state index contributed by atoms with van der Waals surface area (Å²) >= 11 is 0. The van der Waals surface area contributed by atoms with E-state index in [0.29, 0.717) is 11.2 Å². The first-order valence-corrected chi connectivity index (χ1v) is 6.66. The number of anilines is 1. The van der Waals surface area contributed by atoms with Crippen molar-refractivity contribution in [2.75, 3.05) is 24.6 Å². The Balaban J connectivity index is 1.98. The number of ether oxygens (including phenoxy) is 1. The summed E-state index contributed by atoms with van der Waals surface area (Å²) in [5.74, 6) is 0.301. The Morgan fingerprint density at radius 1 is 1.55 bits per heavy atom. The Morgan fingerprint density at radius 2 is 2.40 bits per heavy atom. The molecule has 1 saturated heterocycles. The van der Waals surface area contributed by atoms with Gasteiger partial charge >= 0.3 is 0 Å². The molecule has 2 aromatic heterocycles. The zero-order chi connectivity index (χ0) is 14.1. The lowest BCUT2D eigenvalue weighted by molar-refractivity contribution is 0.0820. The fourth-order valence-electron chi connectivity index (χ4n) is 2.41. The van der Waals surface area contributed by atoms with Crippen LogP contribution >= 0.6 is 0 Å². The third-order valence-corrected chi connectivity index (χ3v) is 3.40. The number of aromatic nitrogens is 3. The van der Waals surface area contributed by atoms with E-state index < -0.39 is 5.91 Å². The third kappa shape index (κ3) is 2.32. The van der Waals surface area contributed by atoms with Crippen molar-refractivity contribution in [3.8, 4) is 0 Å². The molecule has 0 bridgehead atoms. The van der Waals surface area contributed by atoms with E-state index in [-0.39, 0.29) is 6.10 Å². The summed E-state index contributed by atoms with van der Waals surface area (Å²) in [5.41, 5.74) is 6.17. The van der Waals surface area contributed by atoms with Crippen molar-refractivity contribution < 1.29 is 9.53 Å². The number of amides is 1. The van der Waals surface area contributed by atoms with Crippen LogP contribution < -0.4 is 10.6 Å². The molecule has 0 spiro atoms. The minimum atomic E-state index is -0.516. The van der Waals surface area contributed by atoms with E-state index >= 15 is 0 Å². The van der Waals surface area contributed by atoms with E-state index in [0.717, 1.165) is 31.9 Å². The maximum absolute atomic E-state index is 11.4. The average molecular weight is 275 g/mol. The van der Waals surface area contributed by atoms with Crippen LogP contribution in [0.4, 0.5) is 5.82 Å². The molecule has 0 unspecified atom stereocenters. The fourth-order valence-corrected chi connectivity index (χ4v) is 2.41. The predicted molar refractivity (Wildman–Crippen MR) is 73.7 cm³/mol. The number of carbonyl (C=O) groups is 1. The molecule has 0 radical (unpaired) electrons. The molecule has 0 aromatic carbocycles. The van der Waals surface area contributed by atoms with E-state index in [2.05, 4.69) is 15.0 Å². The number of hydrogen-bond acceptors (Lipinski definition) is 5. The molecular weight excluding hydrogens is 258 g/mol. The van der Waals surface area contributed by atoms with Crippen molar-refractivity contribution in [3.05, 3.63) is 24.0 Å². The smallest absolute Gasteiger partial charge is 0.254 e. The standard InChI is InChI=1S/C13H17N5O2/c1-9-8-17(4-2-6-20-9)11-3-5-18-13(16-11)10(7-15-18)12(14)19/h3,5,7,9H,2,4,6,8H2,1H3,(H2,14,19)/t9-/m1/s1. The van der Waals surface area contributed by atoms with Crippen molar-refractivity contribution in [3.63, 3.8) is 0 Å². The van der Waals surface area contributed by atoms with Crippen LogP contribution in [0, 0.1) is 0 Å². The fraction of sp³-hybridized carbons (Fsp3) is 0.462. The zero-order valence-corrected chi connectivity index (χ0v) is 11.3. The summed E-state index contributed by atoms with van der Waals surface area (Å²) in [7, 11) is 0. The predicted octanol–water partition coefficient (Wildman–Crippen LogP) is 0.443. The van der Waals surface area contributed by atoms with Gasteiger partial charge in [-0.15, -0.1) is 0 Å². The molecule has 20 heavy (non-hydrogen) atoms. The van der Waals surface area contributed by atoms with Gasteiger partial charge in [0.15, 0.2) is 5.65 Å². The molecule has 1 aliphatic rings.